The first-order valence-corrected chi connectivity index (χ1v) is 8.83. The van der Waals surface area contributed by atoms with Crippen LogP contribution >= 0.6 is 0 Å². The summed E-state index contributed by atoms with van der Waals surface area (Å²) in [6.45, 7) is 3.42. The summed E-state index contributed by atoms with van der Waals surface area (Å²) in [6.07, 6.45) is 4.64. The van der Waals surface area contributed by atoms with Gasteiger partial charge in [0.25, 0.3) is 0 Å². The quantitative estimate of drug-likeness (QED) is 0.864. The Hall–Kier alpha value is -2.30. The van der Waals surface area contributed by atoms with Gasteiger partial charge in [0.15, 0.2) is 0 Å². The molecule has 24 heavy (non-hydrogen) atoms. The molecule has 0 spiro atoms. The van der Waals surface area contributed by atoms with Crippen LogP contribution in [-0.2, 0) is 16.1 Å². The van der Waals surface area contributed by atoms with Gasteiger partial charge in [-0.05, 0) is 30.4 Å². The Balaban J connectivity index is 1.30. The van der Waals surface area contributed by atoms with E-state index in [4.69, 9.17) is 0 Å². The number of benzene rings is 1. The zero-order chi connectivity index (χ0) is 16.5. The Labute approximate surface area is 141 Å². The van der Waals surface area contributed by atoms with Crippen LogP contribution in [0.5, 0.6) is 0 Å². The molecule has 0 bridgehead atoms. The number of aromatic nitrogens is 1. The van der Waals surface area contributed by atoms with Gasteiger partial charge in [0.1, 0.15) is 0 Å². The van der Waals surface area contributed by atoms with Crippen LogP contribution in [0.1, 0.15) is 19.3 Å². The molecule has 1 aliphatic carbocycles. The highest BCUT2D eigenvalue weighted by atomic mass is 16.2. The lowest BCUT2D eigenvalue weighted by Gasteiger charge is -2.35. The molecule has 1 aromatic heterocycles. The van der Waals surface area contributed by atoms with Crippen molar-refractivity contribution < 1.29 is 9.59 Å². The predicted molar refractivity (Wildman–Crippen MR) is 92.4 cm³/mol. The van der Waals surface area contributed by atoms with E-state index >= 15 is 0 Å². The van der Waals surface area contributed by atoms with E-state index in [0.29, 0.717) is 45.1 Å². The van der Waals surface area contributed by atoms with E-state index in [-0.39, 0.29) is 11.8 Å². The summed E-state index contributed by atoms with van der Waals surface area (Å²) in [5, 5.41) is 1.21. The van der Waals surface area contributed by atoms with Crippen molar-refractivity contribution in [2.24, 2.45) is 5.92 Å². The number of aryl methyl sites for hydroxylation is 1. The minimum Gasteiger partial charge on any atom is -0.347 e. The molecule has 1 aliphatic heterocycles. The van der Waals surface area contributed by atoms with Crippen LogP contribution in [0.3, 0.4) is 0 Å². The van der Waals surface area contributed by atoms with E-state index in [1.165, 1.54) is 10.9 Å². The van der Waals surface area contributed by atoms with Crippen LogP contribution in [0.25, 0.3) is 10.9 Å². The molecule has 4 rings (SSSR count). The average Bonchev–Trinajstić information content (AvgIpc) is 3.40. The zero-order valence-electron chi connectivity index (χ0n) is 13.9. The van der Waals surface area contributed by atoms with Gasteiger partial charge in [-0.3, -0.25) is 9.59 Å². The van der Waals surface area contributed by atoms with Crippen molar-refractivity contribution in [3.63, 3.8) is 0 Å². The van der Waals surface area contributed by atoms with Gasteiger partial charge in [-0.15, -0.1) is 0 Å². The van der Waals surface area contributed by atoms with Crippen LogP contribution in [0.2, 0.25) is 0 Å². The fourth-order valence-corrected chi connectivity index (χ4v) is 3.47. The van der Waals surface area contributed by atoms with E-state index < -0.39 is 0 Å². The molecule has 0 N–H and O–H groups in total. The van der Waals surface area contributed by atoms with E-state index in [2.05, 4.69) is 22.8 Å². The molecular weight excluding hydrogens is 302 g/mol. The summed E-state index contributed by atoms with van der Waals surface area (Å²) in [6, 6.07) is 10.3. The minimum atomic E-state index is 0.186. The van der Waals surface area contributed by atoms with Gasteiger partial charge in [-0.25, -0.2) is 0 Å². The maximum absolute atomic E-state index is 12.5. The Morgan fingerprint density at radius 2 is 1.67 bits per heavy atom. The lowest BCUT2D eigenvalue weighted by Crippen LogP contribution is -2.51. The topological polar surface area (TPSA) is 45.6 Å². The number of fused-ring (bicyclic) bond motifs is 1. The van der Waals surface area contributed by atoms with E-state index in [9.17, 15) is 9.59 Å². The number of hydrogen-bond acceptors (Lipinski definition) is 2. The van der Waals surface area contributed by atoms with Gasteiger partial charge in [0, 0.05) is 56.8 Å². The van der Waals surface area contributed by atoms with Crippen LogP contribution < -0.4 is 0 Å². The Kier molecular flexibility index (Phi) is 4.00. The zero-order valence-corrected chi connectivity index (χ0v) is 13.9. The second-order valence-electron chi connectivity index (χ2n) is 6.80. The van der Waals surface area contributed by atoms with Gasteiger partial charge in [-0.1, -0.05) is 18.2 Å². The highest BCUT2D eigenvalue weighted by molar-refractivity contribution is 5.82. The molecule has 5 nitrogen and oxygen atoms in total. The van der Waals surface area contributed by atoms with Crippen molar-refractivity contribution >= 4 is 22.7 Å². The molecule has 2 heterocycles. The minimum absolute atomic E-state index is 0.186. The van der Waals surface area contributed by atoms with E-state index in [1.54, 1.807) is 0 Å². The Morgan fingerprint density at radius 3 is 2.42 bits per heavy atom. The standard InChI is InChI=1S/C19H23N3O2/c23-18(8-10-20-9-7-15-3-1-2-4-17(15)20)21-11-13-22(14-12-21)19(24)16-5-6-16/h1-4,7,9,16H,5-6,8,10-14H2. The number of nitrogens with zero attached hydrogens (tertiary/aromatic N) is 3. The third-order valence-corrected chi connectivity index (χ3v) is 5.12. The first-order chi connectivity index (χ1) is 11.7. The highest BCUT2D eigenvalue weighted by Gasteiger charge is 2.35. The smallest absolute Gasteiger partial charge is 0.225 e. The van der Waals surface area contributed by atoms with Gasteiger partial charge < -0.3 is 14.4 Å². The fraction of sp³-hybridized carbons (Fsp3) is 0.474. The van der Waals surface area contributed by atoms with Crippen molar-refractivity contribution in [1.29, 1.82) is 0 Å². The summed E-state index contributed by atoms with van der Waals surface area (Å²) < 4.78 is 2.14. The molecule has 126 valence electrons. The molecular formula is C19H23N3O2. The molecule has 1 aromatic carbocycles. The third-order valence-electron chi connectivity index (χ3n) is 5.12. The second kappa shape index (κ2) is 6.30. The maximum Gasteiger partial charge on any atom is 0.225 e. The van der Waals surface area contributed by atoms with Crippen molar-refractivity contribution in [1.82, 2.24) is 14.4 Å². The van der Waals surface area contributed by atoms with E-state index in [1.807, 2.05) is 28.1 Å². The molecule has 2 fully saturated rings. The molecule has 1 saturated heterocycles. The summed E-state index contributed by atoms with van der Waals surface area (Å²) in [5.74, 6) is 0.751. The number of amides is 2. The lowest BCUT2D eigenvalue weighted by atomic mass is 10.2. The number of rotatable bonds is 4. The number of para-hydroxylation sites is 1. The van der Waals surface area contributed by atoms with Gasteiger partial charge in [0.2, 0.25) is 11.8 Å². The van der Waals surface area contributed by atoms with Crippen LogP contribution in [0.15, 0.2) is 36.5 Å². The number of carbonyl (C=O) groups excluding carboxylic acids is 2. The predicted octanol–water partition coefficient (Wildman–Crippen LogP) is 2.11. The molecule has 5 heteroatoms. The number of hydrogen-bond donors (Lipinski definition) is 0. The van der Waals surface area contributed by atoms with Crippen molar-refractivity contribution in [3.8, 4) is 0 Å². The van der Waals surface area contributed by atoms with E-state index in [0.717, 1.165) is 12.8 Å². The van der Waals surface area contributed by atoms with Crippen molar-refractivity contribution in [2.45, 2.75) is 25.8 Å². The van der Waals surface area contributed by atoms with Crippen LogP contribution in [-0.4, -0.2) is 52.4 Å². The molecule has 0 radical (unpaired) electrons. The highest BCUT2D eigenvalue weighted by Crippen LogP contribution is 2.31. The molecule has 0 unspecified atom stereocenters. The maximum atomic E-state index is 12.5. The van der Waals surface area contributed by atoms with Crippen molar-refractivity contribution in [2.75, 3.05) is 26.2 Å². The normalized spacial score (nSPS) is 18.2. The second-order valence-corrected chi connectivity index (χ2v) is 6.80. The Morgan fingerprint density at radius 1 is 0.958 bits per heavy atom. The Bertz CT molecular complexity index is 755. The van der Waals surface area contributed by atoms with Gasteiger partial charge in [-0.2, -0.15) is 0 Å². The summed E-state index contributed by atoms with van der Waals surface area (Å²) in [4.78, 5) is 28.4. The first-order valence-electron chi connectivity index (χ1n) is 8.83. The fourth-order valence-electron chi connectivity index (χ4n) is 3.47. The molecule has 0 atom stereocenters. The van der Waals surface area contributed by atoms with Gasteiger partial charge in [0.05, 0.1) is 0 Å². The summed E-state index contributed by atoms with van der Waals surface area (Å²) in [5.41, 5.74) is 1.17. The molecule has 2 aliphatic rings. The molecule has 2 aromatic rings. The average molecular weight is 325 g/mol. The lowest BCUT2D eigenvalue weighted by molar-refractivity contribution is -0.140. The SMILES string of the molecule is O=C(CCn1ccc2ccccc21)N1CCN(C(=O)C2CC2)CC1. The largest absolute Gasteiger partial charge is 0.347 e. The van der Waals surface area contributed by atoms with Crippen molar-refractivity contribution in [3.05, 3.63) is 36.5 Å². The number of piperazine rings is 1. The van der Waals surface area contributed by atoms with Crippen LogP contribution in [0, 0.1) is 5.92 Å². The number of carbonyl (C=O) groups is 2. The molecule has 1 saturated carbocycles. The summed E-state index contributed by atoms with van der Waals surface area (Å²) >= 11 is 0. The van der Waals surface area contributed by atoms with Crippen LogP contribution in [0.4, 0.5) is 0 Å². The first kappa shape index (κ1) is 15.2. The third kappa shape index (κ3) is 3.03. The van der Waals surface area contributed by atoms with Gasteiger partial charge >= 0.3 is 0 Å². The molecule has 2 amide bonds. The monoisotopic (exact) mass is 325 g/mol. The summed E-state index contributed by atoms with van der Waals surface area (Å²) in [7, 11) is 0.